The van der Waals surface area contributed by atoms with Gasteiger partial charge in [-0.1, -0.05) is 6.07 Å². The third-order valence-corrected chi connectivity index (χ3v) is 6.43. The molecule has 2 N–H and O–H groups in total. The van der Waals surface area contributed by atoms with E-state index >= 15 is 0 Å². The summed E-state index contributed by atoms with van der Waals surface area (Å²) < 4.78 is 11.3. The van der Waals surface area contributed by atoms with Crippen LogP contribution in [0.25, 0.3) is 17.1 Å². The van der Waals surface area contributed by atoms with Crippen LogP contribution in [0.1, 0.15) is 18.2 Å². The summed E-state index contributed by atoms with van der Waals surface area (Å²) >= 11 is 2.68. The second-order valence-corrected chi connectivity index (χ2v) is 9.25. The largest absolute Gasteiger partial charge is 0.494 e. The number of aryl methyl sites for hydroxylation is 1. The van der Waals surface area contributed by atoms with Crippen LogP contribution in [0.5, 0.6) is 5.75 Å². The summed E-state index contributed by atoms with van der Waals surface area (Å²) in [6.45, 7) is 4.59. The molecule has 1 amide bonds. The maximum Gasteiger partial charge on any atom is 0.264 e. The number of hydrogen-bond acceptors (Lipinski definition) is 7. The highest BCUT2D eigenvalue weighted by Crippen LogP contribution is 2.32. The molecule has 2 aromatic heterocycles. The van der Waals surface area contributed by atoms with Gasteiger partial charge >= 0.3 is 0 Å². The molecule has 0 bridgehead atoms. The number of imidazole rings is 1. The molecule has 166 valence electrons. The minimum Gasteiger partial charge on any atom is -0.494 e. The third kappa shape index (κ3) is 4.99. The maximum absolute atomic E-state index is 12.4. The van der Waals surface area contributed by atoms with Crippen molar-refractivity contribution >= 4 is 57.4 Å². The number of hydrogen-bond donors (Lipinski definition) is 2. The number of H-pyrrole nitrogens is 1. The number of ether oxygens (including phenoxy) is 1. The first-order valence-corrected chi connectivity index (χ1v) is 12.0. The topological polar surface area (TPSA) is 92.5 Å². The highest BCUT2D eigenvalue weighted by molar-refractivity contribution is 8.18. The summed E-state index contributed by atoms with van der Waals surface area (Å²) in [5.74, 6) is 1.17. The summed E-state index contributed by atoms with van der Waals surface area (Å²) in [5, 5.41) is 4.75. The molecule has 5 rings (SSSR count). The summed E-state index contributed by atoms with van der Waals surface area (Å²) in [6, 6.07) is 17.2. The van der Waals surface area contributed by atoms with Crippen LogP contribution in [0.2, 0.25) is 0 Å². The van der Waals surface area contributed by atoms with Crippen LogP contribution in [-0.2, 0) is 4.79 Å². The first kappa shape index (κ1) is 21.4. The van der Waals surface area contributed by atoms with E-state index in [9.17, 15) is 4.79 Å². The van der Waals surface area contributed by atoms with E-state index in [2.05, 4.69) is 26.3 Å². The number of amidine groups is 1. The van der Waals surface area contributed by atoms with Crippen molar-refractivity contribution in [2.45, 2.75) is 24.1 Å². The summed E-state index contributed by atoms with van der Waals surface area (Å²) in [4.78, 5) is 25.3. The quantitative estimate of drug-likeness (QED) is 0.336. The summed E-state index contributed by atoms with van der Waals surface area (Å²) in [6.07, 6.45) is 1.72. The van der Waals surface area contributed by atoms with E-state index in [0.29, 0.717) is 27.5 Å². The van der Waals surface area contributed by atoms with Crippen molar-refractivity contribution < 1.29 is 13.9 Å². The number of aromatic amines is 1. The first-order valence-electron chi connectivity index (χ1n) is 10.3. The number of aromatic nitrogens is 2. The SMILES string of the molecule is CCOc1ccc(N=C2NC(=O)/C(=C\c3ccc(Sc4nc5ccc(C)cc5[nH]4)o3)S2)cc1. The minimum absolute atomic E-state index is 0.206. The first-order chi connectivity index (χ1) is 16.1. The average Bonchev–Trinajstić information content (AvgIpc) is 3.49. The van der Waals surface area contributed by atoms with Gasteiger partial charge in [0.2, 0.25) is 0 Å². The number of carbonyl (C=O) groups is 1. The van der Waals surface area contributed by atoms with Gasteiger partial charge in [-0.25, -0.2) is 9.98 Å². The van der Waals surface area contributed by atoms with Gasteiger partial charge in [-0.3, -0.25) is 4.79 Å². The predicted octanol–water partition coefficient (Wildman–Crippen LogP) is 5.91. The molecule has 3 heterocycles. The van der Waals surface area contributed by atoms with Gasteiger partial charge in [0.05, 0.1) is 28.2 Å². The Morgan fingerprint density at radius 3 is 2.85 bits per heavy atom. The standard InChI is InChI=1S/C24H20N4O3S2/c1-3-30-16-7-5-15(6-8-16)25-23-28-22(29)20(32-23)13-17-9-11-21(31-17)33-24-26-18-10-4-14(2)12-19(18)27-24/h4-13H,3H2,1-2H3,(H,26,27)(H,25,28,29)/b20-13+. The van der Waals surface area contributed by atoms with Crippen LogP contribution < -0.4 is 10.1 Å². The van der Waals surface area contributed by atoms with Crippen molar-refractivity contribution in [2.75, 3.05) is 6.61 Å². The number of fused-ring (bicyclic) bond motifs is 1. The Balaban J connectivity index is 1.28. The number of carbonyl (C=O) groups excluding carboxylic acids is 1. The van der Waals surface area contributed by atoms with Gasteiger partial charge in [0, 0.05) is 6.08 Å². The second kappa shape index (κ2) is 9.21. The zero-order valence-electron chi connectivity index (χ0n) is 17.9. The van der Waals surface area contributed by atoms with Crippen LogP contribution in [0.3, 0.4) is 0 Å². The Morgan fingerprint density at radius 1 is 1.18 bits per heavy atom. The summed E-state index contributed by atoms with van der Waals surface area (Å²) in [7, 11) is 0. The fraction of sp³-hybridized carbons (Fsp3) is 0.125. The molecule has 0 atom stereocenters. The Hall–Kier alpha value is -3.43. The monoisotopic (exact) mass is 476 g/mol. The molecule has 1 aliphatic heterocycles. The summed E-state index contributed by atoms with van der Waals surface area (Å²) in [5.41, 5.74) is 3.81. The van der Waals surface area contributed by atoms with Crippen molar-refractivity contribution in [2.24, 2.45) is 4.99 Å². The van der Waals surface area contributed by atoms with E-state index in [1.807, 2.05) is 62.4 Å². The van der Waals surface area contributed by atoms with Crippen molar-refractivity contribution in [1.82, 2.24) is 15.3 Å². The minimum atomic E-state index is -0.206. The molecule has 1 fully saturated rings. The van der Waals surface area contributed by atoms with Crippen molar-refractivity contribution in [3.8, 4) is 5.75 Å². The van der Waals surface area contributed by atoms with Gasteiger partial charge in [-0.05, 0) is 91.5 Å². The predicted molar refractivity (Wildman–Crippen MR) is 132 cm³/mol. The molecule has 33 heavy (non-hydrogen) atoms. The van der Waals surface area contributed by atoms with E-state index in [4.69, 9.17) is 9.15 Å². The highest BCUT2D eigenvalue weighted by atomic mass is 32.2. The van der Waals surface area contributed by atoms with Crippen LogP contribution in [-0.4, -0.2) is 27.6 Å². The van der Waals surface area contributed by atoms with Crippen LogP contribution >= 0.6 is 23.5 Å². The maximum atomic E-state index is 12.4. The average molecular weight is 477 g/mol. The van der Waals surface area contributed by atoms with Gasteiger partial charge in [0.25, 0.3) is 5.91 Å². The molecule has 1 aliphatic rings. The molecule has 0 aliphatic carbocycles. The van der Waals surface area contributed by atoms with Gasteiger partial charge in [-0.2, -0.15) is 0 Å². The van der Waals surface area contributed by atoms with Gasteiger partial charge in [-0.15, -0.1) is 0 Å². The fourth-order valence-corrected chi connectivity index (χ4v) is 4.81. The Labute approximate surface area is 198 Å². The molecule has 7 nitrogen and oxygen atoms in total. The number of benzene rings is 2. The Bertz CT molecular complexity index is 1390. The fourth-order valence-electron chi connectivity index (χ4n) is 3.22. The van der Waals surface area contributed by atoms with Gasteiger partial charge < -0.3 is 19.5 Å². The van der Waals surface area contributed by atoms with Crippen molar-refractivity contribution in [3.63, 3.8) is 0 Å². The molecule has 0 unspecified atom stereocenters. The molecule has 0 radical (unpaired) electrons. The zero-order valence-corrected chi connectivity index (χ0v) is 19.5. The second-order valence-electron chi connectivity index (χ2n) is 7.23. The lowest BCUT2D eigenvalue weighted by Crippen LogP contribution is -2.19. The number of rotatable bonds is 6. The van der Waals surface area contributed by atoms with Crippen molar-refractivity contribution in [3.05, 3.63) is 70.8 Å². The number of nitrogens with one attached hydrogen (secondary N) is 2. The van der Waals surface area contributed by atoms with Gasteiger partial charge in [0.1, 0.15) is 11.5 Å². The molecular weight excluding hydrogens is 456 g/mol. The number of aliphatic imine (C=N–C) groups is 1. The Morgan fingerprint density at radius 2 is 2.03 bits per heavy atom. The third-order valence-electron chi connectivity index (χ3n) is 4.72. The molecule has 0 saturated carbocycles. The van der Waals surface area contributed by atoms with Crippen LogP contribution in [0, 0.1) is 6.92 Å². The lowest BCUT2D eigenvalue weighted by Gasteiger charge is -2.02. The molecular formula is C24H20N4O3S2. The molecule has 0 spiro atoms. The number of furan rings is 1. The zero-order chi connectivity index (χ0) is 22.8. The number of nitrogens with zero attached hydrogens (tertiary/aromatic N) is 2. The van der Waals surface area contributed by atoms with Gasteiger partial charge in [0.15, 0.2) is 15.4 Å². The van der Waals surface area contributed by atoms with E-state index in [1.165, 1.54) is 29.1 Å². The lowest BCUT2D eigenvalue weighted by atomic mass is 10.2. The van der Waals surface area contributed by atoms with E-state index < -0.39 is 0 Å². The molecule has 1 saturated heterocycles. The van der Waals surface area contributed by atoms with E-state index in [-0.39, 0.29) is 5.91 Å². The van der Waals surface area contributed by atoms with E-state index in [0.717, 1.165) is 27.6 Å². The van der Waals surface area contributed by atoms with Crippen LogP contribution in [0.15, 0.2) is 79.2 Å². The number of thioether (sulfide) groups is 1. The lowest BCUT2D eigenvalue weighted by molar-refractivity contribution is -0.115. The normalized spacial score (nSPS) is 16.1. The number of amides is 1. The molecule has 2 aromatic carbocycles. The smallest absolute Gasteiger partial charge is 0.264 e. The Kier molecular flexibility index (Phi) is 5.97. The molecule has 9 heteroatoms. The van der Waals surface area contributed by atoms with Crippen LogP contribution in [0.4, 0.5) is 5.69 Å². The van der Waals surface area contributed by atoms with E-state index in [1.54, 1.807) is 6.08 Å². The highest BCUT2D eigenvalue weighted by Gasteiger charge is 2.24. The van der Waals surface area contributed by atoms with Crippen molar-refractivity contribution in [1.29, 1.82) is 0 Å². The molecule has 4 aromatic rings.